The van der Waals surface area contributed by atoms with Gasteiger partial charge in [-0.15, -0.1) is 0 Å². The maximum Gasteiger partial charge on any atom is 0.271 e. The van der Waals surface area contributed by atoms with Crippen molar-refractivity contribution in [2.75, 3.05) is 12.4 Å². The molecule has 9 heteroatoms. The normalized spacial score (nSPS) is 10.9. The number of nitro benzene ring substituents is 1. The van der Waals surface area contributed by atoms with Crippen molar-refractivity contribution in [1.82, 2.24) is 5.32 Å². The van der Waals surface area contributed by atoms with E-state index in [1.807, 2.05) is 6.07 Å². The lowest BCUT2D eigenvalue weighted by Gasteiger charge is -2.21. The molecule has 0 unspecified atom stereocenters. The molecule has 0 fully saturated rings. The number of benzene rings is 2. The van der Waals surface area contributed by atoms with Crippen LogP contribution >= 0.6 is 28.1 Å². The van der Waals surface area contributed by atoms with Crippen LogP contribution in [0.4, 0.5) is 11.4 Å². The van der Waals surface area contributed by atoms with Gasteiger partial charge in [-0.05, 0) is 41.4 Å². The molecule has 0 bridgehead atoms. The Balaban J connectivity index is 2.15. The SMILES string of the molecule is COc1ccc([N+](=O)[O-])cc1NC(=S)NC(=O)c1ccc(C(C)(C)C)c(Br)c1. The third-order valence-corrected chi connectivity index (χ3v) is 4.77. The van der Waals surface area contributed by atoms with Crippen molar-refractivity contribution >= 4 is 50.5 Å². The molecule has 148 valence electrons. The molecule has 0 spiro atoms. The number of ether oxygens (including phenoxy) is 1. The Morgan fingerprint density at radius 2 is 1.89 bits per heavy atom. The molecule has 0 aliphatic heterocycles. The second-order valence-electron chi connectivity index (χ2n) is 6.99. The van der Waals surface area contributed by atoms with E-state index >= 15 is 0 Å². The zero-order valence-corrected chi connectivity index (χ0v) is 18.2. The van der Waals surface area contributed by atoms with E-state index in [-0.39, 0.29) is 21.9 Å². The van der Waals surface area contributed by atoms with Crippen molar-refractivity contribution in [3.63, 3.8) is 0 Å². The van der Waals surface area contributed by atoms with Crippen LogP contribution in [0.15, 0.2) is 40.9 Å². The second-order valence-corrected chi connectivity index (χ2v) is 8.26. The van der Waals surface area contributed by atoms with Crippen LogP contribution in [0.5, 0.6) is 5.75 Å². The number of anilines is 1. The highest BCUT2D eigenvalue weighted by Gasteiger charge is 2.19. The van der Waals surface area contributed by atoms with Gasteiger partial charge in [0, 0.05) is 22.2 Å². The molecule has 0 saturated carbocycles. The predicted octanol–water partition coefficient (Wildman–Crippen LogP) is 4.79. The number of non-ortho nitro benzene ring substituents is 1. The largest absolute Gasteiger partial charge is 0.495 e. The van der Waals surface area contributed by atoms with Gasteiger partial charge in [0.1, 0.15) is 5.75 Å². The summed E-state index contributed by atoms with van der Waals surface area (Å²) in [7, 11) is 1.43. The van der Waals surface area contributed by atoms with Crippen molar-refractivity contribution < 1.29 is 14.5 Å². The number of carbonyl (C=O) groups excluding carboxylic acids is 1. The van der Waals surface area contributed by atoms with E-state index in [1.165, 1.54) is 25.3 Å². The van der Waals surface area contributed by atoms with Gasteiger partial charge >= 0.3 is 0 Å². The van der Waals surface area contributed by atoms with Crippen LogP contribution in [0.25, 0.3) is 0 Å². The number of halogens is 1. The molecule has 0 heterocycles. The molecule has 0 aliphatic carbocycles. The molecule has 28 heavy (non-hydrogen) atoms. The van der Waals surface area contributed by atoms with E-state index in [9.17, 15) is 14.9 Å². The van der Waals surface area contributed by atoms with Crippen molar-refractivity contribution in [3.8, 4) is 5.75 Å². The Kier molecular flexibility index (Phi) is 6.73. The van der Waals surface area contributed by atoms with Crippen molar-refractivity contribution in [1.29, 1.82) is 0 Å². The number of amides is 1. The minimum atomic E-state index is -0.527. The molecule has 0 atom stereocenters. The fourth-order valence-corrected chi connectivity index (χ4v) is 3.68. The highest BCUT2D eigenvalue weighted by atomic mass is 79.9. The summed E-state index contributed by atoms with van der Waals surface area (Å²) in [6.45, 7) is 6.24. The van der Waals surface area contributed by atoms with Crippen molar-refractivity contribution in [3.05, 3.63) is 62.1 Å². The summed E-state index contributed by atoms with van der Waals surface area (Å²) < 4.78 is 5.99. The standard InChI is InChI=1S/C19H20BrN3O4S/c1-19(2,3)13-7-5-11(9-14(13)20)17(24)22-18(28)21-15-10-12(23(25)26)6-8-16(15)27-4/h5-10H,1-4H3,(H2,21,22,24,28). The van der Waals surface area contributed by atoms with E-state index in [4.69, 9.17) is 17.0 Å². The summed E-state index contributed by atoms with van der Waals surface area (Å²) in [4.78, 5) is 22.9. The van der Waals surface area contributed by atoms with E-state index in [0.29, 0.717) is 11.3 Å². The Labute approximate surface area is 176 Å². The number of hydrogen-bond donors (Lipinski definition) is 2. The van der Waals surface area contributed by atoms with Gasteiger partial charge in [0.2, 0.25) is 0 Å². The first-order valence-corrected chi connectivity index (χ1v) is 9.48. The minimum absolute atomic E-state index is 0.000168. The van der Waals surface area contributed by atoms with Gasteiger partial charge < -0.3 is 10.1 Å². The average molecular weight is 466 g/mol. The number of methoxy groups -OCH3 is 1. The molecule has 0 aliphatic rings. The monoisotopic (exact) mass is 465 g/mol. The molecule has 2 aromatic carbocycles. The number of nitro groups is 1. The van der Waals surface area contributed by atoms with Crippen molar-refractivity contribution in [2.24, 2.45) is 0 Å². The number of hydrogen-bond acceptors (Lipinski definition) is 5. The Hall–Kier alpha value is -2.52. The third kappa shape index (κ3) is 5.26. The highest BCUT2D eigenvalue weighted by molar-refractivity contribution is 9.10. The molecule has 2 rings (SSSR count). The Morgan fingerprint density at radius 1 is 1.21 bits per heavy atom. The summed E-state index contributed by atoms with van der Waals surface area (Å²) in [5.74, 6) is -0.0393. The summed E-state index contributed by atoms with van der Waals surface area (Å²) in [6, 6.07) is 9.39. The van der Waals surface area contributed by atoms with E-state index in [0.717, 1.165) is 10.0 Å². The average Bonchev–Trinajstić information content (AvgIpc) is 2.60. The summed E-state index contributed by atoms with van der Waals surface area (Å²) in [5.41, 5.74) is 1.59. The van der Waals surface area contributed by atoms with E-state index < -0.39 is 10.8 Å². The smallest absolute Gasteiger partial charge is 0.271 e. The third-order valence-electron chi connectivity index (χ3n) is 3.91. The number of nitrogens with zero attached hydrogens (tertiary/aromatic N) is 1. The Bertz CT molecular complexity index is 941. The summed E-state index contributed by atoms with van der Waals surface area (Å²) >= 11 is 8.67. The van der Waals surface area contributed by atoms with Gasteiger partial charge in [-0.25, -0.2) is 0 Å². The first-order valence-electron chi connectivity index (χ1n) is 8.27. The summed E-state index contributed by atoms with van der Waals surface area (Å²) in [5, 5.41) is 16.3. The van der Waals surface area contributed by atoms with Crippen molar-refractivity contribution in [2.45, 2.75) is 26.2 Å². The quantitative estimate of drug-likeness (QED) is 0.382. The molecule has 7 nitrogen and oxygen atoms in total. The first-order chi connectivity index (χ1) is 13.0. The number of carbonyl (C=O) groups is 1. The van der Waals surface area contributed by atoms with Crippen LogP contribution in [0.1, 0.15) is 36.7 Å². The van der Waals surface area contributed by atoms with Gasteiger partial charge in [0.15, 0.2) is 5.11 Å². The summed E-state index contributed by atoms with van der Waals surface area (Å²) in [6.07, 6.45) is 0. The van der Waals surface area contributed by atoms with E-state index in [1.54, 1.807) is 12.1 Å². The fourth-order valence-electron chi connectivity index (χ4n) is 2.50. The highest BCUT2D eigenvalue weighted by Crippen LogP contribution is 2.31. The number of nitrogens with one attached hydrogen (secondary N) is 2. The van der Waals surface area contributed by atoms with Crippen LogP contribution in [0.3, 0.4) is 0 Å². The second kappa shape index (κ2) is 8.66. The van der Waals surface area contributed by atoms with Crippen LogP contribution in [-0.4, -0.2) is 23.1 Å². The van der Waals surface area contributed by atoms with Gasteiger partial charge in [-0.2, -0.15) is 0 Å². The molecule has 1 amide bonds. The van der Waals surface area contributed by atoms with E-state index in [2.05, 4.69) is 47.3 Å². The lowest BCUT2D eigenvalue weighted by Crippen LogP contribution is -2.34. The van der Waals surface area contributed by atoms with Crippen LogP contribution in [0.2, 0.25) is 0 Å². The Morgan fingerprint density at radius 3 is 2.43 bits per heavy atom. The zero-order valence-electron chi connectivity index (χ0n) is 15.8. The topological polar surface area (TPSA) is 93.5 Å². The molecular formula is C19H20BrN3O4S. The van der Waals surface area contributed by atoms with Gasteiger partial charge in [-0.3, -0.25) is 20.2 Å². The van der Waals surface area contributed by atoms with Gasteiger partial charge in [0.25, 0.3) is 11.6 Å². The first kappa shape index (κ1) is 21.8. The lowest BCUT2D eigenvalue weighted by molar-refractivity contribution is -0.384. The minimum Gasteiger partial charge on any atom is -0.495 e. The van der Waals surface area contributed by atoms with Gasteiger partial charge in [0.05, 0.1) is 17.7 Å². The maximum atomic E-state index is 12.5. The van der Waals surface area contributed by atoms with Crippen LogP contribution < -0.4 is 15.4 Å². The maximum absolute atomic E-state index is 12.5. The van der Waals surface area contributed by atoms with Gasteiger partial charge in [-0.1, -0.05) is 42.8 Å². The predicted molar refractivity (Wildman–Crippen MR) is 116 cm³/mol. The molecule has 0 aromatic heterocycles. The molecule has 0 saturated heterocycles. The lowest BCUT2D eigenvalue weighted by atomic mass is 9.86. The molecule has 2 aromatic rings. The number of rotatable bonds is 4. The molecule has 2 N–H and O–H groups in total. The number of thiocarbonyl (C=S) groups is 1. The molecular weight excluding hydrogens is 446 g/mol. The molecule has 0 radical (unpaired) electrons. The van der Waals surface area contributed by atoms with Crippen LogP contribution in [-0.2, 0) is 5.41 Å². The zero-order chi connectivity index (χ0) is 21.1. The fraction of sp³-hybridized carbons (Fsp3) is 0.263. The van der Waals surface area contributed by atoms with Crippen LogP contribution in [0, 0.1) is 10.1 Å².